The molecular weight excluding hydrogens is 734 g/mol. The van der Waals surface area contributed by atoms with Crippen LogP contribution in [0.15, 0.2) is 107 Å². The minimum atomic E-state index is -4.38. The van der Waals surface area contributed by atoms with E-state index in [-0.39, 0.29) is 23.2 Å². The molecule has 0 radical (unpaired) electrons. The van der Waals surface area contributed by atoms with Crippen LogP contribution < -0.4 is 5.32 Å². The molecule has 0 aliphatic rings. The van der Waals surface area contributed by atoms with E-state index < -0.39 is 35.4 Å². The first-order valence-electron chi connectivity index (χ1n) is 16.3. The van der Waals surface area contributed by atoms with Crippen LogP contribution in [0.5, 0.6) is 0 Å². The van der Waals surface area contributed by atoms with Gasteiger partial charge in [0.05, 0.1) is 17.3 Å². The lowest BCUT2D eigenvalue weighted by molar-refractivity contribution is -0.138. The van der Waals surface area contributed by atoms with Crippen LogP contribution in [-0.4, -0.2) is 41.9 Å². The number of carbonyl (C=O) groups excluding carboxylic acids is 1. The van der Waals surface area contributed by atoms with Gasteiger partial charge in [-0.15, -0.1) is 5.10 Å². The van der Waals surface area contributed by atoms with Crippen molar-refractivity contribution in [3.63, 3.8) is 0 Å². The molecule has 0 atom stereocenters. The molecule has 0 aliphatic heterocycles. The fraction of sp³-hybridized carbons (Fsp3) is 0.158. The standard InChI is InChI=1S/C25H22F3N5O2.C13H8F3NO3/c26-25(27,28)20-9-4-19(5-10-20)8-13-23-31-22(17-35-23)24(34)30-21-11-6-18(7-12-21)3-1-2-15-33-16-14-29-32-33;14-13(15,16)9-4-1-8(2-5-9)3-6-11-17-10(7-20-11)12(18)19/h4-14,16-17H,1-3,15H2,(H,30,34);1-7H,(H,18,19). The molecule has 0 aliphatic carbocycles. The summed E-state index contributed by atoms with van der Waals surface area (Å²) in [7, 11) is 0. The smallest absolute Gasteiger partial charge is 0.416 e. The molecule has 6 aromatic rings. The van der Waals surface area contributed by atoms with E-state index in [1.54, 1.807) is 17.0 Å². The van der Waals surface area contributed by atoms with Gasteiger partial charge in [0.1, 0.15) is 12.5 Å². The van der Waals surface area contributed by atoms with Gasteiger partial charge in [-0.3, -0.25) is 9.48 Å². The Balaban J connectivity index is 0.000000246. The number of carboxylic acid groups (broad SMARTS) is 1. The normalized spacial score (nSPS) is 11.8. The second-order valence-corrected chi connectivity index (χ2v) is 11.6. The van der Waals surface area contributed by atoms with E-state index in [0.717, 1.165) is 56.3 Å². The van der Waals surface area contributed by atoms with E-state index in [2.05, 4.69) is 25.6 Å². The summed E-state index contributed by atoms with van der Waals surface area (Å²) in [6, 6.07) is 16.8. The quantitative estimate of drug-likeness (QED) is 0.0919. The van der Waals surface area contributed by atoms with Crippen molar-refractivity contribution in [3.8, 4) is 0 Å². The lowest BCUT2D eigenvalue weighted by Gasteiger charge is -2.06. The van der Waals surface area contributed by atoms with Crippen molar-refractivity contribution in [3.05, 3.63) is 149 Å². The lowest BCUT2D eigenvalue weighted by Crippen LogP contribution is -2.12. The average molecular weight is 765 g/mol. The van der Waals surface area contributed by atoms with Gasteiger partial charge in [0, 0.05) is 30.6 Å². The first-order valence-corrected chi connectivity index (χ1v) is 16.3. The van der Waals surface area contributed by atoms with E-state index >= 15 is 0 Å². The number of carbonyl (C=O) groups is 2. The SMILES string of the molecule is O=C(Nc1ccc(CCCCn2ccnn2)cc1)c1coc(C=Cc2ccc(C(F)(F)F)cc2)n1.O=C(O)c1coc(C=Cc2ccc(C(F)(F)F)cc2)n1. The molecule has 0 saturated carbocycles. The highest BCUT2D eigenvalue weighted by atomic mass is 19.4. The molecule has 0 saturated heterocycles. The second-order valence-electron chi connectivity index (χ2n) is 11.6. The maximum Gasteiger partial charge on any atom is 0.416 e. The van der Waals surface area contributed by atoms with Gasteiger partial charge in [0.2, 0.25) is 11.8 Å². The summed E-state index contributed by atoms with van der Waals surface area (Å²) in [5.74, 6) is -1.43. The molecule has 0 spiro atoms. The number of rotatable bonds is 12. The molecule has 1 amide bonds. The Morgan fingerprint density at radius 3 is 1.71 bits per heavy atom. The Hall–Kier alpha value is -6.78. The number of nitrogens with zero attached hydrogens (tertiary/aromatic N) is 5. The number of nitrogens with one attached hydrogen (secondary N) is 1. The summed E-state index contributed by atoms with van der Waals surface area (Å²) in [4.78, 5) is 30.8. The summed E-state index contributed by atoms with van der Waals surface area (Å²) in [5.41, 5.74) is 1.24. The Labute approximate surface area is 308 Å². The summed E-state index contributed by atoms with van der Waals surface area (Å²) >= 11 is 0. The highest BCUT2D eigenvalue weighted by Crippen LogP contribution is 2.30. The van der Waals surface area contributed by atoms with E-state index in [1.807, 2.05) is 30.5 Å². The van der Waals surface area contributed by atoms with Gasteiger partial charge in [0.25, 0.3) is 5.91 Å². The minimum absolute atomic E-state index is 0.0577. The zero-order chi connectivity index (χ0) is 39.4. The minimum Gasteiger partial charge on any atom is -0.476 e. The van der Waals surface area contributed by atoms with Crippen LogP contribution in [0.3, 0.4) is 0 Å². The number of amides is 1. The number of oxazole rings is 2. The number of hydrogen-bond donors (Lipinski definition) is 2. The third kappa shape index (κ3) is 12.1. The zero-order valence-electron chi connectivity index (χ0n) is 28.5. The summed E-state index contributed by atoms with van der Waals surface area (Å²) < 4.78 is 86.9. The Morgan fingerprint density at radius 1 is 0.709 bits per heavy atom. The zero-order valence-corrected chi connectivity index (χ0v) is 28.5. The first-order chi connectivity index (χ1) is 26.2. The van der Waals surface area contributed by atoms with Crippen LogP contribution in [0.25, 0.3) is 24.3 Å². The number of benzene rings is 3. The molecule has 2 N–H and O–H groups in total. The Morgan fingerprint density at radius 2 is 1.24 bits per heavy atom. The molecule has 0 fully saturated rings. The summed E-state index contributed by atoms with van der Waals surface area (Å²) in [6.07, 6.45) is 5.74. The van der Waals surface area contributed by atoms with Crippen molar-refractivity contribution < 1.29 is 49.9 Å². The summed E-state index contributed by atoms with van der Waals surface area (Å²) in [5, 5.41) is 19.1. The van der Waals surface area contributed by atoms with Crippen molar-refractivity contribution in [2.75, 3.05) is 5.32 Å². The molecule has 284 valence electrons. The van der Waals surface area contributed by atoms with Crippen LogP contribution in [0.4, 0.5) is 32.0 Å². The highest BCUT2D eigenvalue weighted by Gasteiger charge is 2.30. The molecule has 6 rings (SSSR count). The van der Waals surface area contributed by atoms with Gasteiger partial charge in [-0.25, -0.2) is 14.8 Å². The molecule has 3 heterocycles. The number of alkyl halides is 6. The molecule has 3 aromatic carbocycles. The first kappa shape index (κ1) is 39.4. The van der Waals surface area contributed by atoms with Crippen molar-refractivity contribution >= 4 is 41.9 Å². The van der Waals surface area contributed by atoms with Crippen molar-refractivity contribution in [2.45, 2.75) is 38.2 Å². The van der Waals surface area contributed by atoms with E-state index in [1.165, 1.54) is 54.3 Å². The third-order valence-electron chi connectivity index (χ3n) is 7.59. The number of carboxylic acids is 1. The number of aromatic carboxylic acids is 1. The number of unbranched alkanes of at least 4 members (excludes halogenated alkanes) is 1. The Bertz CT molecular complexity index is 2210. The summed E-state index contributed by atoms with van der Waals surface area (Å²) in [6.45, 7) is 0.827. The van der Waals surface area contributed by atoms with E-state index in [9.17, 15) is 35.9 Å². The molecule has 17 heteroatoms. The van der Waals surface area contributed by atoms with Crippen LogP contribution in [0.1, 0.15) is 73.4 Å². The predicted octanol–water partition coefficient (Wildman–Crippen LogP) is 9.29. The van der Waals surface area contributed by atoms with Crippen molar-refractivity contribution in [1.82, 2.24) is 25.0 Å². The van der Waals surface area contributed by atoms with Crippen molar-refractivity contribution in [2.24, 2.45) is 0 Å². The van der Waals surface area contributed by atoms with Gasteiger partial charge in [-0.1, -0.05) is 41.6 Å². The highest BCUT2D eigenvalue weighted by molar-refractivity contribution is 6.02. The van der Waals surface area contributed by atoms with Gasteiger partial charge in [-0.05, 0) is 84.5 Å². The van der Waals surface area contributed by atoms with Gasteiger partial charge < -0.3 is 19.3 Å². The molecule has 0 bridgehead atoms. The third-order valence-corrected chi connectivity index (χ3v) is 7.59. The van der Waals surface area contributed by atoms with Crippen LogP contribution in [-0.2, 0) is 25.3 Å². The van der Waals surface area contributed by atoms with Crippen molar-refractivity contribution in [1.29, 1.82) is 0 Å². The van der Waals surface area contributed by atoms with Crippen LogP contribution >= 0.6 is 0 Å². The number of aromatic nitrogens is 5. The maximum absolute atomic E-state index is 12.6. The molecular formula is C38H30F6N6O5. The molecule has 0 unspecified atom stereocenters. The molecule has 11 nitrogen and oxygen atoms in total. The lowest BCUT2D eigenvalue weighted by atomic mass is 10.1. The number of halogens is 6. The maximum atomic E-state index is 12.6. The average Bonchev–Trinajstić information content (AvgIpc) is 3.96. The van der Waals surface area contributed by atoms with Gasteiger partial charge in [0.15, 0.2) is 11.4 Å². The molecule has 55 heavy (non-hydrogen) atoms. The Kier molecular flexibility index (Phi) is 12.8. The van der Waals surface area contributed by atoms with Crippen LogP contribution in [0, 0.1) is 0 Å². The fourth-order valence-corrected chi connectivity index (χ4v) is 4.74. The fourth-order valence-electron chi connectivity index (χ4n) is 4.74. The second kappa shape index (κ2) is 17.8. The largest absolute Gasteiger partial charge is 0.476 e. The molecule has 3 aromatic heterocycles. The monoisotopic (exact) mass is 764 g/mol. The topological polar surface area (TPSA) is 149 Å². The van der Waals surface area contributed by atoms with Gasteiger partial charge in [-0.2, -0.15) is 26.3 Å². The number of anilines is 1. The number of hydrogen-bond acceptors (Lipinski definition) is 8. The van der Waals surface area contributed by atoms with E-state index in [4.69, 9.17) is 13.9 Å². The van der Waals surface area contributed by atoms with Crippen LogP contribution in [0.2, 0.25) is 0 Å². The van der Waals surface area contributed by atoms with Gasteiger partial charge >= 0.3 is 18.3 Å². The number of aryl methyl sites for hydroxylation is 2. The van der Waals surface area contributed by atoms with E-state index in [0.29, 0.717) is 16.8 Å². The predicted molar refractivity (Wildman–Crippen MR) is 188 cm³/mol.